The highest BCUT2D eigenvalue weighted by Gasteiger charge is 2.20. The maximum absolute atomic E-state index is 11.5. The first-order valence-electron chi connectivity index (χ1n) is 6.89. The monoisotopic (exact) mass is 285 g/mol. The molecule has 0 fully saturated rings. The third-order valence-electron chi connectivity index (χ3n) is 3.22. The first kappa shape index (κ1) is 14.9. The summed E-state index contributed by atoms with van der Waals surface area (Å²) < 4.78 is 5.37. The summed E-state index contributed by atoms with van der Waals surface area (Å²) >= 11 is 0. The Morgan fingerprint density at radius 1 is 1.19 bits per heavy atom. The minimum absolute atomic E-state index is 0.586. The van der Waals surface area contributed by atoms with Gasteiger partial charge >= 0.3 is 5.97 Å². The maximum Gasteiger partial charge on any atom is 0.330 e. The normalized spacial score (nSPS) is 11.7. The Bertz CT molecular complexity index is 608. The van der Waals surface area contributed by atoms with E-state index in [1.807, 2.05) is 38.1 Å². The number of para-hydroxylation sites is 1. The van der Waals surface area contributed by atoms with Gasteiger partial charge in [-0.2, -0.15) is 0 Å². The molecule has 4 nitrogen and oxygen atoms in total. The molecule has 2 aromatic carbocycles. The van der Waals surface area contributed by atoms with Crippen molar-refractivity contribution < 1.29 is 14.6 Å². The minimum atomic E-state index is -0.914. The van der Waals surface area contributed by atoms with Gasteiger partial charge in [-0.1, -0.05) is 30.3 Å². The summed E-state index contributed by atoms with van der Waals surface area (Å²) in [7, 11) is 0. The zero-order chi connectivity index (χ0) is 15.2. The molecule has 2 aromatic rings. The van der Waals surface area contributed by atoms with Crippen molar-refractivity contribution >= 4 is 11.7 Å². The highest BCUT2D eigenvalue weighted by atomic mass is 16.5. The third-order valence-corrected chi connectivity index (χ3v) is 3.22. The van der Waals surface area contributed by atoms with Gasteiger partial charge < -0.3 is 15.2 Å². The molecule has 0 spiro atoms. The van der Waals surface area contributed by atoms with Crippen molar-refractivity contribution in [2.75, 3.05) is 11.9 Å². The molecule has 1 unspecified atom stereocenters. The zero-order valence-corrected chi connectivity index (χ0v) is 12.2. The van der Waals surface area contributed by atoms with E-state index in [9.17, 15) is 9.90 Å². The number of carboxylic acids is 1. The smallest absolute Gasteiger partial charge is 0.330 e. The highest BCUT2D eigenvalue weighted by Crippen LogP contribution is 2.24. The van der Waals surface area contributed by atoms with Crippen molar-refractivity contribution in [3.63, 3.8) is 0 Å². The van der Waals surface area contributed by atoms with Gasteiger partial charge in [0.05, 0.1) is 6.61 Å². The van der Waals surface area contributed by atoms with Gasteiger partial charge in [0.25, 0.3) is 0 Å². The Labute approximate surface area is 124 Å². The van der Waals surface area contributed by atoms with Gasteiger partial charge in [0.15, 0.2) is 6.04 Å². The number of rotatable bonds is 6. The van der Waals surface area contributed by atoms with Crippen LogP contribution in [0.15, 0.2) is 48.5 Å². The molecule has 0 aliphatic carbocycles. The predicted molar refractivity (Wildman–Crippen MR) is 82.8 cm³/mol. The number of aliphatic carboxylic acids is 1. The Hall–Kier alpha value is -2.49. The summed E-state index contributed by atoms with van der Waals surface area (Å²) in [6, 6.07) is 14.0. The third kappa shape index (κ3) is 3.75. The van der Waals surface area contributed by atoms with E-state index in [2.05, 4.69) is 5.32 Å². The first-order chi connectivity index (χ1) is 10.1. The van der Waals surface area contributed by atoms with Crippen LogP contribution in [-0.2, 0) is 4.79 Å². The van der Waals surface area contributed by atoms with Crippen LogP contribution in [0.4, 0.5) is 5.69 Å². The zero-order valence-electron chi connectivity index (χ0n) is 12.2. The highest BCUT2D eigenvalue weighted by molar-refractivity contribution is 5.79. The Balaban J connectivity index is 2.23. The molecule has 1 atom stereocenters. The molecule has 0 saturated carbocycles. The van der Waals surface area contributed by atoms with Crippen LogP contribution < -0.4 is 10.1 Å². The van der Waals surface area contributed by atoms with Crippen molar-refractivity contribution in [1.82, 2.24) is 0 Å². The maximum atomic E-state index is 11.5. The lowest BCUT2D eigenvalue weighted by Crippen LogP contribution is -2.20. The second-order valence-electron chi connectivity index (χ2n) is 4.73. The van der Waals surface area contributed by atoms with E-state index in [4.69, 9.17) is 4.74 Å². The molecule has 21 heavy (non-hydrogen) atoms. The predicted octanol–water partition coefficient (Wildman–Crippen LogP) is 3.63. The SMILES string of the molecule is CCOc1ccc(C(Nc2ccccc2C)C(=O)O)cc1. The lowest BCUT2D eigenvalue weighted by molar-refractivity contribution is -0.138. The number of anilines is 1. The Morgan fingerprint density at radius 3 is 2.43 bits per heavy atom. The number of carbonyl (C=O) groups is 1. The van der Waals surface area contributed by atoms with Crippen LogP contribution in [-0.4, -0.2) is 17.7 Å². The summed E-state index contributed by atoms with van der Waals surface area (Å²) in [4.78, 5) is 11.5. The fraction of sp³-hybridized carbons (Fsp3) is 0.235. The average Bonchev–Trinajstić information content (AvgIpc) is 2.47. The molecular weight excluding hydrogens is 266 g/mol. The number of benzene rings is 2. The molecule has 0 aromatic heterocycles. The van der Waals surface area contributed by atoms with Crippen LogP contribution in [0.5, 0.6) is 5.75 Å². The molecule has 2 N–H and O–H groups in total. The second kappa shape index (κ2) is 6.79. The van der Waals surface area contributed by atoms with Crippen molar-refractivity contribution in [1.29, 1.82) is 0 Å². The van der Waals surface area contributed by atoms with E-state index in [0.717, 1.165) is 17.0 Å². The van der Waals surface area contributed by atoms with E-state index < -0.39 is 12.0 Å². The Kier molecular flexibility index (Phi) is 4.82. The molecule has 0 aliphatic rings. The van der Waals surface area contributed by atoms with Gasteiger partial charge in [0.2, 0.25) is 0 Å². The van der Waals surface area contributed by atoms with Crippen LogP contribution in [0.25, 0.3) is 0 Å². The van der Waals surface area contributed by atoms with Gasteiger partial charge in [-0.15, -0.1) is 0 Å². The van der Waals surface area contributed by atoms with Crippen LogP contribution >= 0.6 is 0 Å². The van der Waals surface area contributed by atoms with Gasteiger partial charge in [-0.05, 0) is 43.2 Å². The van der Waals surface area contributed by atoms with Crippen molar-refractivity contribution in [3.05, 3.63) is 59.7 Å². The average molecular weight is 285 g/mol. The topological polar surface area (TPSA) is 58.6 Å². The fourth-order valence-electron chi connectivity index (χ4n) is 2.10. The van der Waals surface area contributed by atoms with Gasteiger partial charge in [-0.3, -0.25) is 0 Å². The number of aryl methyl sites for hydroxylation is 1. The van der Waals surface area contributed by atoms with E-state index in [1.165, 1.54) is 0 Å². The van der Waals surface area contributed by atoms with E-state index >= 15 is 0 Å². The van der Waals surface area contributed by atoms with Gasteiger partial charge in [0, 0.05) is 5.69 Å². The number of carboxylic acid groups (broad SMARTS) is 1. The number of hydrogen-bond donors (Lipinski definition) is 2. The summed E-state index contributed by atoms with van der Waals surface area (Å²) in [5.74, 6) is -0.177. The summed E-state index contributed by atoms with van der Waals surface area (Å²) in [6.07, 6.45) is 0. The van der Waals surface area contributed by atoms with Gasteiger partial charge in [0.1, 0.15) is 5.75 Å². The molecule has 0 radical (unpaired) electrons. The molecule has 0 amide bonds. The number of nitrogens with one attached hydrogen (secondary N) is 1. The molecule has 0 bridgehead atoms. The lowest BCUT2D eigenvalue weighted by Gasteiger charge is -2.18. The summed E-state index contributed by atoms with van der Waals surface area (Å²) in [5, 5.41) is 12.5. The van der Waals surface area contributed by atoms with Crippen molar-refractivity contribution in [2.45, 2.75) is 19.9 Å². The van der Waals surface area contributed by atoms with Crippen LogP contribution in [0, 0.1) is 6.92 Å². The molecule has 110 valence electrons. The van der Waals surface area contributed by atoms with Gasteiger partial charge in [-0.25, -0.2) is 4.79 Å². The molecule has 0 aliphatic heterocycles. The van der Waals surface area contributed by atoms with Crippen LogP contribution in [0.3, 0.4) is 0 Å². The molecule has 4 heteroatoms. The number of hydrogen-bond acceptors (Lipinski definition) is 3. The lowest BCUT2D eigenvalue weighted by atomic mass is 10.1. The molecule has 2 rings (SSSR count). The van der Waals surface area contributed by atoms with E-state index in [0.29, 0.717) is 12.2 Å². The summed E-state index contributed by atoms with van der Waals surface area (Å²) in [6.45, 7) is 4.44. The van der Waals surface area contributed by atoms with Crippen LogP contribution in [0.2, 0.25) is 0 Å². The van der Waals surface area contributed by atoms with E-state index in [-0.39, 0.29) is 0 Å². The van der Waals surface area contributed by atoms with Crippen LogP contribution in [0.1, 0.15) is 24.1 Å². The molecule has 0 saturated heterocycles. The first-order valence-corrected chi connectivity index (χ1v) is 6.89. The number of ether oxygens (including phenoxy) is 1. The largest absolute Gasteiger partial charge is 0.494 e. The molecule has 0 heterocycles. The fourth-order valence-corrected chi connectivity index (χ4v) is 2.10. The van der Waals surface area contributed by atoms with Crippen molar-refractivity contribution in [3.8, 4) is 5.75 Å². The second-order valence-corrected chi connectivity index (χ2v) is 4.73. The van der Waals surface area contributed by atoms with E-state index in [1.54, 1.807) is 24.3 Å². The Morgan fingerprint density at radius 2 is 1.86 bits per heavy atom. The minimum Gasteiger partial charge on any atom is -0.494 e. The van der Waals surface area contributed by atoms with Crippen molar-refractivity contribution in [2.24, 2.45) is 0 Å². The quantitative estimate of drug-likeness (QED) is 0.851. The standard InChI is InChI=1S/C17H19NO3/c1-3-21-14-10-8-13(9-11-14)16(17(19)20)18-15-7-5-4-6-12(15)2/h4-11,16,18H,3H2,1-2H3,(H,19,20). The molecular formula is C17H19NO3. The summed E-state index contributed by atoms with van der Waals surface area (Å²) in [5.41, 5.74) is 2.52.